The predicted octanol–water partition coefficient (Wildman–Crippen LogP) is 2.58. The SMILES string of the molecule is Cc1ncc(C(=O)Cl)c(OC(F)(F)F)c1[N+](=O)[O-]. The summed E-state index contributed by atoms with van der Waals surface area (Å²) in [5.74, 6) is -1.26. The molecule has 0 aliphatic heterocycles. The Balaban J connectivity index is 3.53. The second-order valence-electron chi connectivity index (χ2n) is 3.01. The number of nitrogens with zero attached hydrogens (tertiary/aromatic N) is 2. The zero-order valence-electron chi connectivity index (χ0n) is 8.62. The number of hydrogen-bond acceptors (Lipinski definition) is 5. The Bertz CT molecular complexity index is 518. The summed E-state index contributed by atoms with van der Waals surface area (Å²) >= 11 is 5.02. The second-order valence-corrected chi connectivity index (χ2v) is 3.36. The van der Waals surface area contributed by atoms with Crippen LogP contribution in [0.4, 0.5) is 18.9 Å². The summed E-state index contributed by atoms with van der Waals surface area (Å²) in [4.78, 5) is 23.8. The first-order chi connectivity index (χ1) is 8.13. The zero-order chi connectivity index (χ0) is 14.1. The summed E-state index contributed by atoms with van der Waals surface area (Å²) in [6, 6.07) is 0. The molecule has 18 heavy (non-hydrogen) atoms. The molecule has 0 spiro atoms. The molecule has 0 N–H and O–H groups in total. The highest BCUT2D eigenvalue weighted by Crippen LogP contribution is 2.37. The Morgan fingerprint density at radius 1 is 1.56 bits per heavy atom. The zero-order valence-corrected chi connectivity index (χ0v) is 9.37. The van der Waals surface area contributed by atoms with Gasteiger partial charge in [-0.1, -0.05) is 0 Å². The highest BCUT2D eigenvalue weighted by atomic mass is 35.5. The van der Waals surface area contributed by atoms with E-state index in [0.717, 1.165) is 6.92 Å². The Morgan fingerprint density at radius 3 is 2.50 bits per heavy atom. The molecule has 0 atom stereocenters. The molecule has 1 aromatic rings. The summed E-state index contributed by atoms with van der Waals surface area (Å²) in [7, 11) is 0. The number of carbonyl (C=O) groups is 1. The van der Waals surface area contributed by atoms with Crippen LogP contribution in [0.1, 0.15) is 16.1 Å². The summed E-state index contributed by atoms with van der Waals surface area (Å²) in [6.07, 6.45) is -4.52. The smallest absolute Gasteiger partial charge is 0.397 e. The molecular weight excluding hydrogens is 281 g/mol. The summed E-state index contributed by atoms with van der Waals surface area (Å²) < 4.78 is 39.9. The number of pyridine rings is 1. The van der Waals surface area contributed by atoms with E-state index in [1.165, 1.54) is 0 Å². The Labute approximate surface area is 102 Å². The number of alkyl halides is 3. The molecule has 0 radical (unpaired) electrons. The van der Waals surface area contributed by atoms with E-state index in [1.807, 2.05) is 0 Å². The molecule has 0 unspecified atom stereocenters. The van der Waals surface area contributed by atoms with Crippen molar-refractivity contribution < 1.29 is 27.6 Å². The highest BCUT2D eigenvalue weighted by Gasteiger charge is 2.38. The average Bonchev–Trinajstić information content (AvgIpc) is 2.13. The molecule has 0 amide bonds. The van der Waals surface area contributed by atoms with Crippen molar-refractivity contribution in [2.75, 3.05) is 0 Å². The van der Waals surface area contributed by atoms with Crippen LogP contribution in [0.15, 0.2) is 6.20 Å². The summed E-state index contributed by atoms with van der Waals surface area (Å²) in [6.45, 7) is 1.10. The molecule has 1 rings (SSSR count). The van der Waals surface area contributed by atoms with Gasteiger partial charge in [0.1, 0.15) is 11.3 Å². The first kappa shape index (κ1) is 14.2. The van der Waals surface area contributed by atoms with Crippen LogP contribution in [0.2, 0.25) is 0 Å². The lowest BCUT2D eigenvalue weighted by molar-refractivity contribution is -0.389. The lowest BCUT2D eigenvalue weighted by Gasteiger charge is -2.12. The fourth-order valence-corrected chi connectivity index (χ4v) is 1.28. The molecule has 0 aromatic carbocycles. The number of aryl methyl sites for hydroxylation is 1. The van der Waals surface area contributed by atoms with Gasteiger partial charge in [0.25, 0.3) is 5.24 Å². The number of nitro groups is 1. The minimum absolute atomic E-state index is 0.332. The lowest BCUT2D eigenvalue weighted by atomic mass is 10.2. The molecule has 0 fully saturated rings. The maximum Gasteiger partial charge on any atom is 0.573 e. The third kappa shape index (κ3) is 3.06. The number of hydrogen-bond donors (Lipinski definition) is 0. The largest absolute Gasteiger partial charge is 0.573 e. The van der Waals surface area contributed by atoms with E-state index in [1.54, 1.807) is 0 Å². The van der Waals surface area contributed by atoms with Gasteiger partial charge in [-0.3, -0.25) is 19.9 Å². The topological polar surface area (TPSA) is 82.3 Å². The lowest BCUT2D eigenvalue weighted by Crippen LogP contribution is -2.20. The minimum Gasteiger partial charge on any atom is -0.397 e. The number of rotatable bonds is 3. The van der Waals surface area contributed by atoms with E-state index < -0.39 is 33.5 Å². The Hall–Kier alpha value is -1.90. The summed E-state index contributed by atoms with van der Waals surface area (Å²) in [5.41, 5.74) is -2.22. The van der Waals surface area contributed by atoms with Crippen molar-refractivity contribution >= 4 is 22.5 Å². The fourth-order valence-electron chi connectivity index (χ4n) is 1.15. The van der Waals surface area contributed by atoms with Crippen LogP contribution >= 0.6 is 11.6 Å². The Kier molecular flexibility index (Phi) is 3.75. The van der Waals surface area contributed by atoms with Crippen molar-refractivity contribution in [3.05, 3.63) is 27.6 Å². The molecule has 0 saturated heterocycles. The van der Waals surface area contributed by atoms with E-state index in [2.05, 4.69) is 9.72 Å². The van der Waals surface area contributed by atoms with Crippen molar-refractivity contribution in [3.8, 4) is 5.75 Å². The molecule has 0 aliphatic carbocycles. The molecule has 98 valence electrons. The van der Waals surface area contributed by atoms with E-state index in [9.17, 15) is 28.1 Å². The number of carbonyl (C=O) groups excluding carboxylic acids is 1. The quantitative estimate of drug-likeness (QED) is 0.484. The second kappa shape index (κ2) is 4.77. The summed E-state index contributed by atoms with van der Waals surface area (Å²) in [5, 5.41) is 9.32. The molecule has 0 aliphatic rings. The van der Waals surface area contributed by atoms with Crippen molar-refractivity contribution in [2.24, 2.45) is 0 Å². The average molecular weight is 285 g/mol. The van der Waals surface area contributed by atoms with Crippen LogP contribution in [-0.2, 0) is 0 Å². The predicted molar refractivity (Wildman–Crippen MR) is 52.5 cm³/mol. The first-order valence-corrected chi connectivity index (χ1v) is 4.61. The van der Waals surface area contributed by atoms with Gasteiger partial charge in [-0.25, -0.2) is 0 Å². The molecule has 0 bridgehead atoms. The van der Waals surface area contributed by atoms with Crippen LogP contribution in [0.5, 0.6) is 5.75 Å². The fraction of sp³-hybridized carbons (Fsp3) is 0.250. The molecule has 10 heteroatoms. The maximum atomic E-state index is 12.1. The van der Waals surface area contributed by atoms with Crippen molar-refractivity contribution in [3.63, 3.8) is 0 Å². The van der Waals surface area contributed by atoms with Gasteiger partial charge in [-0.05, 0) is 18.5 Å². The maximum absolute atomic E-state index is 12.1. The van der Waals surface area contributed by atoms with E-state index in [0.29, 0.717) is 6.20 Å². The van der Waals surface area contributed by atoms with Crippen molar-refractivity contribution in [2.45, 2.75) is 13.3 Å². The van der Waals surface area contributed by atoms with Gasteiger partial charge in [0.05, 0.1) is 4.92 Å². The van der Waals surface area contributed by atoms with Gasteiger partial charge in [-0.15, -0.1) is 13.2 Å². The highest BCUT2D eigenvalue weighted by molar-refractivity contribution is 6.68. The first-order valence-electron chi connectivity index (χ1n) is 4.23. The van der Waals surface area contributed by atoms with Crippen LogP contribution in [0.25, 0.3) is 0 Å². The van der Waals surface area contributed by atoms with Crippen LogP contribution in [-0.4, -0.2) is 21.5 Å². The van der Waals surface area contributed by atoms with Gasteiger partial charge in [0, 0.05) is 6.20 Å². The normalized spacial score (nSPS) is 11.2. The monoisotopic (exact) mass is 284 g/mol. The van der Waals surface area contributed by atoms with Gasteiger partial charge in [-0.2, -0.15) is 0 Å². The van der Waals surface area contributed by atoms with Crippen LogP contribution in [0, 0.1) is 17.0 Å². The molecule has 6 nitrogen and oxygen atoms in total. The van der Waals surface area contributed by atoms with Gasteiger partial charge < -0.3 is 4.74 Å². The number of halogens is 4. The molecule has 1 aromatic heterocycles. The standard InChI is InChI=1S/C8H4ClF3N2O4/c1-3-5(14(16)17)6(18-8(10,11)12)4(2-13-3)7(9)15/h2H,1H3. The van der Waals surface area contributed by atoms with Gasteiger partial charge in [0.15, 0.2) is 0 Å². The number of aromatic nitrogens is 1. The van der Waals surface area contributed by atoms with E-state index in [-0.39, 0.29) is 5.69 Å². The van der Waals surface area contributed by atoms with Gasteiger partial charge >= 0.3 is 12.0 Å². The van der Waals surface area contributed by atoms with Crippen molar-refractivity contribution in [1.29, 1.82) is 0 Å². The molecular formula is C8H4ClF3N2O4. The Morgan fingerprint density at radius 2 is 2.11 bits per heavy atom. The van der Waals surface area contributed by atoms with Crippen molar-refractivity contribution in [1.82, 2.24) is 4.98 Å². The van der Waals surface area contributed by atoms with E-state index >= 15 is 0 Å². The van der Waals surface area contributed by atoms with Crippen LogP contribution < -0.4 is 4.74 Å². The third-order valence-electron chi connectivity index (χ3n) is 1.80. The molecule has 1 heterocycles. The van der Waals surface area contributed by atoms with Gasteiger partial charge in [0.2, 0.25) is 5.75 Å². The third-order valence-corrected chi connectivity index (χ3v) is 2.01. The van der Waals surface area contributed by atoms with Crippen LogP contribution in [0.3, 0.4) is 0 Å². The minimum atomic E-state index is -5.19. The molecule has 0 saturated carbocycles. The number of ether oxygens (including phenoxy) is 1. The van der Waals surface area contributed by atoms with E-state index in [4.69, 9.17) is 11.6 Å².